The van der Waals surface area contributed by atoms with E-state index in [1.54, 1.807) is 4.57 Å². The summed E-state index contributed by atoms with van der Waals surface area (Å²) in [6.45, 7) is 6.64. The van der Waals surface area contributed by atoms with E-state index in [1.807, 2.05) is 47.2 Å². The van der Waals surface area contributed by atoms with Crippen molar-refractivity contribution in [2.45, 2.75) is 26.2 Å². The molecule has 6 aromatic carbocycles. The third kappa shape index (κ3) is 5.59. The summed E-state index contributed by atoms with van der Waals surface area (Å²) in [5, 5.41) is 2.19. The summed E-state index contributed by atoms with van der Waals surface area (Å²) in [7, 11) is 0. The molecule has 0 saturated carbocycles. The molecule has 1 aliphatic rings. The van der Waals surface area contributed by atoms with Crippen molar-refractivity contribution in [2.75, 3.05) is 0 Å². The Hall–Kier alpha value is -6.03. The maximum absolute atomic E-state index is 9.60. The fraction of sp³-hybridized carbons (Fsp3) is 0.0833. The fourth-order valence-corrected chi connectivity index (χ4v) is 7.50. The van der Waals surface area contributed by atoms with Crippen molar-refractivity contribution in [2.24, 2.45) is 0 Å². The monoisotopic (exact) mass is 878 g/mol. The Labute approximate surface area is 330 Å². The molecule has 9 aromatic rings. The van der Waals surface area contributed by atoms with Crippen LogP contribution in [-0.4, -0.2) is 14.1 Å². The number of ether oxygens (including phenoxy) is 1. The largest absolute Gasteiger partial charge is 0.510 e. The Kier molecular flexibility index (Phi) is 7.92. The van der Waals surface area contributed by atoms with Crippen LogP contribution in [0, 0.1) is 18.5 Å². The molecular weight excluding hydrogens is 844 g/mol. The molecule has 0 unspecified atom stereocenters. The summed E-state index contributed by atoms with van der Waals surface area (Å²) in [5.74, 6) is 1.89. The molecule has 264 valence electrons. The number of imidazole rings is 1. The normalized spacial score (nSPS) is 12.1. The molecule has 0 amide bonds. The number of fused-ring (bicyclic) bond motifs is 11. The SMILES string of the molecule is [2H]c1c2[n+]([c-]n1-c1[c-]c(Oc3[c-]c4c(cc3)c3ccccc3n4-c3cc(C(C)(C)C)ccn3)ccc1)-c1ccccc1-c1ccccc1-c1ccccc1-2.[Pt]. The Morgan fingerprint density at radius 3 is 2.13 bits per heavy atom. The number of hydrogen-bond donors (Lipinski definition) is 0. The predicted octanol–water partition coefficient (Wildman–Crippen LogP) is 11.0. The van der Waals surface area contributed by atoms with Crippen LogP contribution in [0.15, 0.2) is 152 Å². The molecule has 0 bridgehead atoms. The molecule has 5 nitrogen and oxygen atoms in total. The summed E-state index contributed by atoms with van der Waals surface area (Å²) in [4.78, 5) is 4.81. The third-order valence-corrected chi connectivity index (χ3v) is 10.1. The van der Waals surface area contributed by atoms with Gasteiger partial charge in [-0.3, -0.25) is 4.57 Å². The molecule has 0 spiro atoms. The second-order valence-electron chi connectivity index (χ2n) is 14.4. The molecule has 0 fully saturated rings. The van der Waals surface area contributed by atoms with Crippen LogP contribution in [0.3, 0.4) is 0 Å². The van der Waals surface area contributed by atoms with E-state index in [0.717, 1.165) is 66.8 Å². The molecule has 4 heterocycles. The zero-order valence-electron chi connectivity index (χ0n) is 30.9. The molecule has 10 rings (SSSR count). The Balaban J connectivity index is 0.00000397. The van der Waals surface area contributed by atoms with Gasteiger partial charge in [0.25, 0.3) is 6.33 Å². The number of hydrogen-bond acceptors (Lipinski definition) is 2. The van der Waals surface area contributed by atoms with E-state index < -0.39 is 0 Å². The molecule has 3 aromatic heterocycles. The number of aromatic nitrogens is 4. The number of rotatable bonds is 4. The zero-order valence-corrected chi connectivity index (χ0v) is 32.1. The van der Waals surface area contributed by atoms with Crippen molar-refractivity contribution in [1.82, 2.24) is 14.1 Å². The van der Waals surface area contributed by atoms with Crippen molar-refractivity contribution >= 4 is 21.8 Å². The van der Waals surface area contributed by atoms with Crippen molar-refractivity contribution in [3.8, 4) is 62.2 Å². The number of pyridine rings is 1. The number of para-hydroxylation sites is 2. The van der Waals surface area contributed by atoms with E-state index in [9.17, 15) is 1.37 Å². The fourth-order valence-electron chi connectivity index (χ4n) is 7.50. The first-order chi connectivity index (χ1) is 26.3. The van der Waals surface area contributed by atoms with Gasteiger partial charge in [0, 0.05) is 50.5 Å². The maximum atomic E-state index is 9.60. The van der Waals surface area contributed by atoms with E-state index in [-0.39, 0.29) is 26.5 Å². The van der Waals surface area contributed by atoms with Gasteiger partial charge in [-0.25, -0.2) is 4.98 Å². The van der Waals surface area contributed by atoms with E-state index in [1.165, 1.54) is 5.56 Å². The van der Waals surface area contributed by atoms with E-state index >= 15 is 0 Å². The number of benzene rings is 6. The molecule has 0 N–H and O–H groups in total. The van der Waals surface area contributed by atoms with Gasteiger partial charge in [-0.15, -0.1) is 29.7 Å². The second kappa shape index (κ2) is 13.1. The standard InChI is InChI=1S/C48H34N4O.Pt/c1-48(2,3)32-25-26-49-47(27-32)52-44-22-11-9-20-41(44)42-24-23-35(29-45(42)52)53-34-14-12-13-33(28-34)50-30-46-40-19-7-6-17-38(40)36-15-4-5-16-37(36)39-18-8-10-21-43(39)51(46)31-50;/h4-27,30H,1-3H3;/q-2;/i30D;. The van der Waals surface area contributed by atoms with E-state index in [0.29, 0.717) is 23.4 Å². The molecule has 0 aliphatic carbocycles. The van der Waals surface area contributed by atoms with Gasteiger partial charge in [-0.1, -0.05) is 111 Å². The first-order valence-corrected chi connectivity index (χ1v) is 17.8. The van der Waals surface area contributed by atoms with Crippen LogP contribution in [0.25, 0.3) is 72.5 Å². The zero-order chi connectivity index (χ0) is 36.6. The topological polar surface area (TPSA) is 35.9 Å². The van der Waals surface area contributed by atoms with E-state index in [2.05, 4.69) is 147 Å². The first-order valence-electron chi connectivity index (χ1n) is 18.3. The maximum Gasteiger partial charge on any atom is 0.267 e. The summed E-state index contributed by atoms with van der Waals surface area (Å²) in [6.07, 6.45) is 5.71. The minimum absolute atomic E-state index is 0. The molecule has 6 heteroatoms. The summed E-state index contributed by atoms with van der Waals surface area (Å²) in [6, 6.07) is 54.5. The molecular formula is C48H34N4OPt-2. The molecule has 0 radical (unpaired) electrons. The van der Waals surface area contributed by atoms with Crippen LogP contribution in [0.1, 0.15) is 27.7 Å². The van der Waals surface area contributed by atoms with Crippen LogP contribution in [0.2, 0.25) is 0 Å². The summed E-state index contributed by atoms with van der Waals surface area (Å²) < 4.78 is 22.0. The Morgan fingerprint density at radius 1 is 0.667 bits per heavy atom. The van der Waals surface area contributed by atoms with Crippen molar-refractivity contribution in [3.05, 3.63) is 176 Å². The van der Waals surface area contributed by atoms with Crippen molar-refractivity contribution in [3.63, 3.8) is 0 Å². The summed E-state index contributed by atoms with van der Waals surface area (Å²) >= 11 is 0. The van der Waals surface area contributed by atoms with Crippen LogP contribution < -0.4 is 9.30 Å². The van der Waals surface area contributed by atoms with Crippen LogP contribution in [0.4, 0.5) is 0 Å². The van der Waals surface area contributed by atoms with E-state index in [4.69, 9.17) is 9.72 Å². The van der Waals surface area contributed by atoms with Gasteiger partial charge < -0.3 is 13.9 Å². The van der Waals surface area contributed by atoms with Gasteiger partial charge in [-0.05, 0) is 74.1 Å². The average Bonchev–Trinajstić information content (AvgIpc) is 3.71. The van der Waals surface area contributed by atoms with Crippen LogP contribution in [-0.2, 0) is 26.5 Å². The van der Waals surface area contributed by atoms with Gasteiger partial charge in [-0.2, -0.15) is 18.2 Å². The van der Waals surface area contributed by atoms with Gasteiger partial charge in [0.1, 0.15) is 5.82 Å². The van der Waals surface area contributed by atoms with Crippen LogP contribution in [0.5, 0.6) is 11.5 Å². The van der Waals surface area contributed by atoms with Crippen LogP contribution >= 0.6 is 0 Å². The first kappa shape index (κ1) is 32.6. The van der Waals surface area contributed by atoms with Gasteiger partial charge in [0.2, 0.25) is 0 Å². The van der Waals surface area contributed by atoms with Gasteiger partial charge >= 0.3 is 0 Å². The molecule has 0 atom stereocenters. The molecule has 54 heavy (non-hydrogen) atoms. The van der Waals surface area contributed by atoms with Crippen molar-refractivity contribution < 1.29 is 31.7 Å². The van der Waals surface area contributed by atoms with Gasteiger partial charge in [0.05, 0.1) is 12.8 Å². The summed E-state index contributed by atoms with van der Waals surface area (Å²) in [5.41, 5.74) is 10.8. The molecule has 0 saturated heterocycles. The Morgan fingerprint density at radius 2 is 1.33 bits per heavy atom. The Bertz CT molecular complexity index is 2940. The van der Waals surface area contributed by atoms with Crippen molar-refractivity contribution in [1.29, 1.82) is 0 Å². The average molecular weight is 879 g/mol. The molecule has 1 aliphatic heterocycles. The quantitative estimate of drug-likeness (QED) is 0.130. The minimum atomic E-state index is -0.0284. The van der Waals surface area contributed by atoms with Gasteiger partial charge in [0.15, 0.2) is 0 Å². The smallest absolute Gasteiger partial charge is 0.267 e. The minimum Gasteiger partial charge on any atom is -0.510 e. The second-order valence-corrected chi connectivity index (χ2v) is 14.4. The third-order valence-electron chi connectivity index (χ3n) is 10.1. The predicted molar refractivity (Wildman–Crippen MR) is 211 cm³/mol. The number of nitrogens with zero attached hydrogens (tertiary/aromatic N) is 4.